The Morgan fingerprint density at radius 2 is 1.24 bits per heavy atom. The number of carboxylic acid groups (broad SMARTS) is 3. The summed E-state index contributed by atoms with van der Waals surface area (Å²) >= 11 is 0. The molecule has 112 valence electrons. The van der Waals surface area contributed by atoms with Gasteiger partial charge < -0.3 is 26.8 Å². The third-order valence-corrected chi connectivity index (χ3v) is 2.97. The van der Waals surface area contributed by atoms with E-state index in [1.807, 2.05) is 0 Å². The normalized spacial score (nSPS) is 10.2. The highest BCUT2D eigenvalue weighted by Gasteiger charge is 2.33. The maximum Gasteiger partial charge on any atom is 0.337 e. The van der Waals surface area contributed by atoms with Crippen LogP contribution in [0.4, 0.5) is 0 Å². The molecule has 0 saturated carbocycles. The first-order valence-electron chi connectivity index (χ1n) is 5.54. The molecule has 1 rings (SSSR count). The molecule has 1 aromatic rings. The fourth-order valence-electron chi connectivity index (χ4n) is 2.15. The standard InChI is InChI=1S/C12H12N2O7/c1-3-4(2-13)6(10(16)17)8(12(20)21)7(11(18)19)5(3)9(14)15/h2,13H2,1H3,(H2,14,15)(H,16,17)(H,18,19)(H,20,21). The molecule has 0 aliphatic rings. The highest BCUT2D eigenvalue weighted by molar-refractivity contribution is 6.16. The number of hydrogen-bond acceptors (Lipinski definition) is 5. The van der Waals surface area contributed by atoms with E-state index in [-0.39, 0.29) is 11.1 Å². The molecule has 0 aromatic heterocycles. The first-order chi connectivity index (χ1) is 9.64. The van der Waals surface area contributed by atoms with E-state index in [0.717, 1.165) is 0 Å². The molecular weight excluding hydrogens is 284 g/mol. The van der Waals surface area contributed by atoms with Crippen LogP contribution in [0.2, 0.25) is 0 Å². The van der Waals surface area contributed by atoms with E-state index in [1.54, 1.807) is 0 Å². The molecule has 0 fully saturated rings. The van der Waals surface area contributed by atoms with Crippen LogP contribution in [0.1, 0.15) is 52.6 Å². The minimum atomic E-state index is -1.80. The predicted octanol–water partition coefficient (Wildman–Crippen LogP) is -0.353. The van der Waals surface area contributed by atoms with Gasteiger partial charge in [-0.3, -0.25) is 4.79 Å². The van der Waals surface area contributed by atoms with Crippen LogP contribution >= 0.6 is 0 Å². The summed E-state index contributed by atoms with van der Waals surface area (Å²) in [7, 11) is 0. The monoisotopic (exact) mass is 296 g/mol. The van der Waals surface area contributed by atoms with E-state index in [4.69, 9.17) is 26.8 Å². The Labute approximate surface area is 117 Å². The van der Waals surface area contributed by atoms with Crippen molar-refractivity contribution in [1.29, 1.82) is 0 Å². The van der Waals surface area contributed by atoms with E-state index in [2.05, 4.69) is 0 Å². The number of benzene rings is 1. The van der Waals surface area contributed by atoms with Gasteiger partial charge in [-0.15, -0.1) is 0 Å². The third-order valence-electron chi connectivity index (χ3n) is 2.97. The van der Waals surface area contributed by atoms with Crippen molar-refractivity contribution >= 4 is 23.8 Å². The molecule has 0 heterocycles. The Balaban J connectivity index is 4.19. The molecule has 0 atom stereocenters. The number of carbonyl (C=O) groups excluding carboxylic acids is 1. The number of hydrogen-bond donors (Lipinski definition) is 5. The fraction of sp³-hybridized carbons (Fsp3) is 0.167. The minimum absolute atomic E-state index is 0.0650. The van der Waals surface area contributed by atoms with E-state index < -0.39 is 52.6 Å². The highest BCUT2D eigenvalue weighted by atomic mass is 16.4. The van der Waals surface area contributed by atoms with Gasteiger partial charge in [0.15, 0.2) is 0 Å². The molecule has 9 nitrogen and oxygen atoms in total. The van der Waals surface area contributed by atoms with Crippen LogP contribution in [0.25, 0.3) is 0 Å². The second-order valence-corrected chi connectivity index (χ2v) is 4.09. The molecular formula is C12H12N2O7. The largest absolute Gasteiger partial charge is 0.478 e. The molecule has 0 unspecified atom stereocenters. The predicted molar refractivity (Wildman–Crippen MR) is 68.5 cm³/mol. The van der Waals surface area contributed by atoms with Crippen LogP contribution in [0.5, 0.6) is 0 Å². The van der Waals surface area contributed by atoms with Crippen molar-refractivity contribution in [1.82, 2.24) is 0 Å². The summed E-state index contributed by atoms with van der Waals surface area (Å²) in [6.07, 6.45) is 0. The second-order valence-electron chi connectivity index (χ2n) is 4.09. The summed E-state index contributed by atoms with van der Waals surface area (Å²) in [6, 6.07) is 0. The lowest BCUT2D eigenvalue weighted by molar-refractivity contribution is 0.0630. The molecule has 0 aliphatic carbocycles. The molecule has 0 bridgehead atoms. The van der Waals surface area contributed by atoms with Crippen LogP contribution in [0, 0.1) is 6.92 Å². The van der Waals surface area contributed by atoms with E-state index in [0.29, 0.717) is 0 Å². The summed E-state index contributed by atoms with van der Waals surface area (Å²) in [4.78, 5) is 45.3. The van der Waals surface area contributed by atoms with Gasteiger partial charge in [0.2, 0.25) is 5.91 Å². The molecule has 0 aliphatic heterocycles. The number of carbonyl (C=O) groups is 4. The minimum Gasteiger partial charge on any atom is -0.478 e. The summed E-state index contributed by atoms with van der Waals surface area (Å²) in [6.45, 7) is 0.862. The van der Waals surface area contributed by atoms with Gasteiger partial charge in [0.1, 0.15) is 0 Å². The van der Waals surface area contributed by atoms with Crippen LogP contribution in [-0.2, 0) is 6.54 Å². The van der Waals surface area contributed by atoms with Gasteiger partial charge in [-0.1, -0.05) is 0 Å². The SMILES string of the molecule is Cc1c(CN)c(C(=O)O)c(C(=O)O)c(C(=O)O)c1C(N)=O. The van der Waals surface area contributed by atoms with Crippen LogP contribution < -0.4 is 11.5 Å². The lowest BCUT2D eigenvalue weighted by atomic mass is 9.86. The Morgan fingerprint density at radius 1 is 0.857 bits per heavy atom. The van der Waals surface area contributed by atoms with Crippen molar-refractivity contribution in [3.8, 4) is 0 Å². The Morgan fingerprint density at radius 3 is 1.52 bits per heavy atom. The first-order valence-corrected chi connectivity index (χ1v) is 5.54. The first kappa shape index (κ1) is 16.1. The van der Waals surface area contributed by atoms with E-state index in [9.17, 15) is 19.2 Å². The highest BCUT2D eigenvalue weighted by Crippen LogP contribution is 2.28. The van der Waals surface area contributed by atoms with Gasteiger partial charge in [-0.25, -0.2) is 14.4 Å². The number of carboxylic acids is 3. The zero-order chi connectivity index (χ0) is 16.5. The van der Waals surface area contributed by atoms with Crippen molar-refractivity contribution in [2.24, 2.45) is 11.5 Å². The van der Waals surface area contributed by atoms with Crippen molar-refractivity contribution in [3.05, 3.63) is 33.4 Å². The summed E-state index contributed by atoms with van der Waals surface area (Å²) in [5, 5.41) is 27.4. The van der Waals surface area contributed by atoms with Crippen LogP contribution in [0.3, 0.4) is 0 Å². The fourth-order valence-corrected chi connectivity index (χ4v) is 2.15. The lowest BCUT2D eigenvalue weighted by Crippen LogP contribution is -2.27. The maximum absolute atomic E-state index is 11.4. The quantitative estimate of drug-likeness (QED) is 0.488. The van der Waals surface area contributed by atoms with Crippen LogP contribution in [0.15, 0.2) is 0 Å². The Kier molecular flexibility index (Phi) is 4.29. The molecule has 9 heteroatoms. The van der Waals surface area contributed by atoms with Gasteiger partial charge in [-0.05, 0) is 18.1 Å². The maximum atomic E-state index is 11.4. The summed E-state index contributed by atoms with van der Waals surface area (Å²) in [5.41, 5.74) is 6.97. The van der Waals surface area contributed by atoms with Gasteiger partial charge in [0.25, 0.3) is 0 Å². The summed E-state index contributed by atoms with van der Waals surface area (Å²) < 4.78 is 0. The number of aromatic carboxylic acids is 3. The molecule has 1 aromatic carbocycles. The molecule has 1 amide bonds. The van der Waals surface area contributed by atoms with Crippen molar-refractivity contribution in [2.75, 3.05) is 0 Å². The van der Waals surface area contributed by atoms with E-state index in [1.165, 1.54) is 6.92 Å². The Bertz CT molecular complexity index is 679. The van der Waals surface area contributed by atoms with Gasteiger partial charge in [0, 0.05) is 6.54 Å². The number of rotatable bonds is 5. The Hall–Kier alpha value is -2.94. The topological polar surface area (TPSA) is 181 Å². The van der Waals surface area contributed by atoms with Gasteiger partial charge in [-0.2, -0.15) is 0 Å². The smallest absolute Gasteiger partial charge is 0.337 e. The third kappa shape index (κ3) is 2.54. The lowest BCUT2D eigenvalue weighted by Gasteiger charge is -2.17. The summed E-state index contributed by atoms with van der Waals surface area (Å²) in [5.74, 6) is -6.41. The molecule has 0 radical (unpaired) electrons. The zero-order valence-corrected chi connectivity index (χ0v) is 10.8. The average molecular weight is 296 g/mol. The second kappa shape index (κ2) is 5.59. The number of nitrogens with two attached hydrogens (primary N) is 2. The molecule has 7 N–H and O–H groups in total. The average Bonchev–Trinajstić information content (AvgIpc) is 2.35. The number of amides is 1. The zero-order valence-electron chi connectivity index (χ0n) is 10.8. The van der Waals surface area contributed by atoms with Crippen molar-refractivity contribution in [3.63, 3.8) is 0 Å². The number of primary amides is 1. The van der Waals surface area contributed by atoms with Gasteiger partial charge in [0.05, 0.1) is 22.3 Å². The van der Waals surface area contributed by atoms with Crippen molar-refractivity contribution in [2.45, 2.75) is 13.5 Å². The molecule has 0 saturated heterocycles. The molecule has 0 spiro atoms. The van der Waals surface area contributed by atoms with Crippen molar-refractivity contribution < 1.29 is 34.5 Å². The van der Waals surface area contributed by atoms with E-state index >= 15 is 0 Å². The van der Waals surface area contributed by atoms with Crippen LogP contribution in [-0.4, -0.2) is 39.1 Å². The van der Waals surface area contributed by atoms with Gasteiger partial charge >= 0.3 is 17.9 Å². The molecule has 21 heavy (non-hydrogen) atoms.